The summed E-state index contributed by atoms with van der Waals surface area (Å²) >= 11 is 2.05. The molecule has 3 nitrogen and oxygen atoms in total. The van der Waals surface area contributed by atoms with Gasteiger partial charge in [0, 0.05) is 17.8 Å². The van der Waals surface area contributed by atoms with Crippen LogP contribution in [0.1, 0.15) is 17.7 Å². The second kappa shape index (κ2) is 4.52. The monoisotopic (exact) mass is 345 g/mol. The zero-order valence-corrected chi connectivity index (χ0v) is 10.6. The van der Waals surface area contributed by atoms with Crippen molar-refractivity contribution >= 4 is 22.6 Å². The number of nitrogens with zero attached hydrogens (tertiary/aromatic N) is 2. The van der Waals surface area contributed by atoms with Crippen LogP contribution in [0.25, 0.3) is 0 Å². The lowest BCUT2D eigenvalue weighted by Crippen LogP contribution is -2.34. The Morgan fingerprint density at radius 2 is 2.19 bits per heavy atom. The molecule has 0 fully saturated rings. The van der Waals surface area contributed by atoms with E-state index in [4.69, 9.17) is 0 Å². The molecule has 0 saturated carbocycles. The van der Waals surface area contributed by atoms with Crippen molar-refractivity contribution in [2.75, 3.05) is 13.1 Å². The van der Waals surface area contributed by atoms with Crippen molar-refractivity contribution in [3.05, 3.63) is 15.0 Å². The number of fused-ring (bicyclic) bond motifs is 1. The van der Waals surface area contributed by atoms with Gasteiger partial charge in [-0.1, -0.05) is 0 Å². The van der Waals surface area contributed by atoms with E-state index >= 15 is 0 Å². The highest BCUT2D eigenvalue weighted by molar-refractivity contribution is 14.1. The van der Waals surface area contributed by atoms with Crippen molar-refractivity contribution in [2.45, 2.75) is 25.6 Å². The molecule has 0 aromatic carbocycles. The van der Waals surface area contributed by atoms with E-state index < -0.39 is 12.7 Å². The molecule has 0 amide bonds. The number of H-pyrrole nitrogens is 1. The molecule has 1 aliphatic heterocycles. The first-order valence-corrected chi connectivity index (χ1v) is 6.04. The van der Waals surface area contributed by atoms with Gasteiger partial charge in [0.25, 0.3) is 0 Å². The number of rotatable bonds is 1. The molecule has 0 spiro atoms. The highest BCUT2D eigenvalue weighted by Gasteiger charge is 2.32. The average molecular weight is 345 g/mol. The summed E-state index contributed by atoms with van der Waals surface area (Å²) in [6.07, 6.45) is -2.61. The Hall–Kier alpha value is -0.310. The van der Waals surface area contributed by atoms with Gasteiger partial charge >= 0.3 is 6.18 Å². The summed E-state index contributed by atoms with van der Waals surface area (Å²) in [7, 11) is 0. The molecule has 0 atom stereocenters. The van der Waals surface area contributed by atoms with E-state index in [0.29, 0.717) is 13.1 Å². The molecule has 0 saturated heterocycles. The Balaban J connectivity index is 2.13. The van der Waals surface area contributed by atoms with Crippen LogP contribution in [0, 0.1) is 3.70 Å². The van der Waals surface area contributed by atoms with Gasteiger partial charge in [0.05, 0.1) is 6.54 Å². The molecule has 1 aromatic rings. The Morgan fingerprint density at radius 1 is 1.44 bits per heavy atom. The van der Waals surface area contributed by atoms with E-state index in [1.54, 1.807) is 0 Å². The van der Waals surface area contributed by atoms with Crippen LogP contribution in [0.2, 0.25) is 0 Å². The van der Waals surface area contributed by atoms with E-state index in [1.165, 1.54) is 4.90 Å². The fourth-order valence-electron chi connectivity index (χ4n) is 1.91. The van der Waals surface area contributed by atoms with Crippen LogP contribution < -0.4 is 0 Å². The fraction of sp³-hybridized carbons (Fsp3) is 0.667. The van der Waals surface area contributed by atoms with Crippen molar-refractivity contribution in [2.24, 2.45) is 0 Å². The topological polar surface area (TPSA) is 31.9 Å². The maximum Gasteiger partial charge on any atom is 0.401 e. The lowest BCUT2D eigenvalue weighted by Gasteiger charge is -2.21. The maximum atomic E-state index is 12.3. The smallest absolute Gasteiger partial charge is 0.291 e. The molecule has 0 aliphatic carbocycles. The second-order valence-electron chi connectivity index (χ2n) is 3.90. The lowest BCUT2D eigenvalue weighted by molar-refractivity contribution is -0.147. The molecular weight excluding hydrogens is 334 g/mol. The minimum Gasteiger partial charge on any atom is -0.291 e. The molecule has 1 N–H and O–H groups in total. The van der Waals surface area contributed by atoms with E-state index in [2.05, 4.69) is 32.8 Å². The minimum absolute atomic E-state index is 0.337. The summed E-state index contributed by atoms with van der Waals surface area (Å²) in [6, 6.07) is 0. The van der Waals surface area contributed by atoms with E-state index in [1.807, 2.05) is 0 Å². The SMILES string of the molecule is FC(F)(F)CN1CCCc2[nH]nc(I)c2C1. The Kier molecular flexibility index (Phi) is 3.43. The standard InChI is InChI=1S/C9H11F3IN3/c10-9(11,12)5-16-3-1-2-7-6(4-16)8(13)15-14-7/h1-5H2,(H,14,15). The van der Waals surface area contributed by atoms with E-state index in [9.17, 15) is 13.2 Å². The molecule has 2 heterocycles. The maximum absolute atomic E-state index is 12.3. The molecule has 1 aliphatic rings. The number of aromatic amines is 1. The van der Waals surface area contributed by atoms with Gasteiger partial charge in [0.1, 0.15) is 3.70 Å². The Morgan fingerprint density at radius 3 is 2.88 bits per heavy atom. The van der Waals surface area contributed by atoms with Crippen LogP contribution >= 0.6 is 22.6 Å². The van der Waals surface area contributed by atoms with Gasteiger partial charge in [0.15, 0.2) is 0 Å². The largest absolute Gasteiger partial charge is 0.401 e. The third-order valence-corrected chi connectivity index (χ3v) is 3.48. The normalized spacial score (nSPS) is 18.2. The first-order chi connectivity index (χ1) is 7.46. The van der Waals surface area contributed by atoms with Gasteiger partial charge in [-0.25, -0.2) is 0 Å². The summed E-state index contributed by atoms with van der Waals surface area (Å²) in [6.45, 7) is -0.0184. The summed E-state index contributed by atoms with van der Waals surface area (Å²) in [5, 5.41) is 6.91. The molecular formula is C9H11F3IN3. The summed E-state index contributed by atoms with van der Waals surface area (Å²) in [5.74, 6) is 0. The Labute approximate surface area is 105 Å². The molecule has 16 heavy (non-hydrogen) atoms. The summed E-state index contributed by atoms with van der Waals surface area (Å²) in [4.78, 5) is 1.43. The predicted molar refractivity (Wildman–Crippen MR) is 61.0 cm³/mol. The quantitative estimate of drug-likeness (QED) is 0.793. The second-order valence-corrected chi connectivity index (χ2v) is 4.92. The van der Waals surface area contributed by atoms with Crippen LogP contribution in [0.5, 0.6) is 0 Å². The van der Waals surface area contributed by atoms with Crippen molar-refractivity contribution in [3.63, 3.8) is 0 Å². The summed E-state index contributed by atoms with van der Waals surface area (Å²) < 4.78 is 37.7. The van der Waals surface area contributed by atoms with Crippen LogP contribution in [0.3, 0.4) is 0 Å². The van der Waals surface area contributed by atoms with Crippen molar-refractivity contribution < 1.29 is 13.2 Å². The molecule has 2 rings (SSSR count). The van der Waals surface area contributed by atoms with Crippen molar-refractivity contribution in [3.8, 4) is 0 Å². The number of nitrogens with one attached hydrogen (secondary N) is 1. The molecule has 0 unspecified atom stereocenters. The third-order valence-electron chi connectivity index (χ3n) is 2.59. The van der Waals surface area contributed by atoms with E-state index in [-0.39, 0.29) is 0 Å². The predicted octanol–water partition coefficient (Wildman–Crippen LogP) is 2.32. The average Bonchev–Trinajstić information content (AvgIpc) is 2.40. The van der Waals surface area contributed by atoms with Gasteiger partial charge in [-0.15, -0.1) is 0 Å². The number of aromatic nitrogens is 2. The Bertz CT molecular complexity index is 375. The molecule has 7 heteroatoms. The highest BCUT2D eigenvalue weighted by atomic mass is 127. The van der Waals surface area contributed by atoms with Crippen LogP contribution in [0.15, 0.2) is 0 Å². The summed E-state index contributed by atoms with van der Waals surface area (Å²) in [5.41, 5.74) is 1.90. The van der Waals surface area contributed by atoms with Crippen LogP contribution in [-0.2, 0) is 13.0 Å². The van der Waals surface area contributed by atoms with Crippen LogP contribution in [-0.4, -0.2) is 34.4 Å². The van der Waals surface area contributed by atoms with Crippen LogP contribution in [0.4, 0.5) is 13.2 Å². The molecule has 1 aromatic heterocycles. The van der Waals surface area contributed by atoms with Gasteiger partial charge in [-0.05, 0) is 42.0 Å². The van der Waals surface area contributed by atoms with Crippen molar-refractivity contribution in [1.82, 2.24) is 15.1 Å². The van der Waals surface area contributed by atoms with Gasteiger partial charge in [-0.3, -0.25) is 10.00 Å². The fourth-order valence-corrected chi connectivity index (χ4v) is 2.53. The highest BCUT2D eigenvalue weighted by Crippen LogP contribution is 2.24. The molecule has 90 valence electrons. The van der Waals surface area contributed by atoms with Gasteiger partial charge < -0.3 is 0 Å². The van der Waals surface area contributed by atoms with E-state index in [0.717, 1.165) is 27.8 Å². The third kappa shape index (κ3) is 2.88. The lowest BCUT2D eigenvalue weighted by atomic mass is 10.2. The molecule has 0 radical (unpaired) electrons. The molecule has 0 bridgehead atoms. The number of hydrogen-bond acceptors (Lipinski definition) is 2. The number of aryl methyl sites for hydroxylation is 1. The minimum atomic E-state index is -4.13. The van der Waals surface area contributed by atoms with Gasteiger partial charge in [-0.2, -0.15) is 18.3 Å². The number of halogens is 4. The van der Waals surface area contributed by atoms with Gasteiger partial charge in [0.2, 0.25) is 0 Å². The first kappa shape index (κ1) is 12.2. The number of alkyl halides is 3. The number of hydrogen-bond donors (Lipinski definition) is 1. The first-order valence-electron chi connectivity index (χ1n) is 4.96. The zero-order valence-electron chi connectivity index (χ0n) is 8.44. The zero-order chi connectivity index (χ0) is 11.8. The van der Waals surface area contributed by atoms with Crippen molar-refractivity contribution in [1.29, 1.82) is 0 Å².